The van der Waals surface area contributed by atoms with Gasteiger partial charge in [-0.3, -0.25) is 9.48 Å². The van der Waals surface area contributed by atoms with Gasteiger partial charge in [-0.15, -0.1) is 0 Å². The molecule has 0 saturated heterocycles. The smallest absolute Gasteiger partial charge is 0.294 e. The third-order valence-corrected chi connectivity index (χ3v) is 3.21. The van der Waals surface area contributed by atoms with E-state index in [2.05, 4.69) is 0 Å². The average molecular weight is 261 g/mol. The van der Waals surface area contributed by atoms with Crippen LogP contribution in [-0.4, -0.2) is 16.5 Å². The molecule has 0 radical (unpaired) electrons. The molecular weight excluding hydrogens is 242 g/mol. The van der Waals surface area contributed by atoms with E-state index in [-0.39, 0.29) is 11.5 Å². The van der Waals surface area contributed by atoms with Crippen LogP contribution in [0.3, 0.4) is 0 Å². The van der Waals surface area contributed by atoms with Crippen molar-refractivity contribution in [3.63, 3.8) is 0 Å². The van der Waals surface area contributed by atoms with Crippen LogP contribution in [0.1, 0.15) is 25.5 Å². The van der Waals surface area contributed by atoms with Gasteiger partial charge in [-0.1, -0.05) is 13.8 Å². The average Bonchev–Trinajstić information content (AvgIpc) is 2.60. The number of hydrogen-bond acceptors (Lipinski definition) is 3. The van der Waals surface area contributed by atoms with E-state index in [0.29, 0.717) is 5.69 Å². The van der Waals surface area contributed by atoms with Gasteiger partial charge in [0.1, 0.15) is 11.4 Å². The summed E-state index contributed by atoms with van der Waals surface area (Å²) in [4.78, 5) is 12.3. The first-order valence-corrected chi connectivity index (χ1v) is 6.19. The molecule has 2 aromatic rings. The van der Waals surface area contributed by atoms with Crippen LogP contribution in [0.2, 0.25) is 0 Å². The molecule has 0 aliphatic heterocycles. The van der Waals surface area contributed by atoms with E-state index in [0.717, 1.165) is 17.1 Å². The van der Waals surface area contributed by atoms with Gasteiger partial charge in [0.05, 0.1) is 18.5 Å². The molecule has 0 bridgehead atoms. The van der Waals surface area contributed by atoms with Crippen LogP contribution < -0.4 is 16.0 Å². The Balaban J connectivity index is 2.62. The first kappa shape index (κ1) is 13.3. The van der Waals surface area contributed by atoms with Crippen LogP contribution in [-0.2, 0) is 7.05 Å². The van der Waals surface area contributed by atoms with Crippen molar-refractivity contribution in [1.29, 1.82) is 0 Å². The van der Waals surface area contributed by atoms with E-state index < -0.39 is 0 Å². The Bertz CT molecular complexity index is 636. The molecule has 0 aliphatic rings. The predicted molar refractivity (Wildman–Crippen MR) is 76.1 cm³/mol. The first-order valence-electron chi connectivity index (χ1n) is 6.19. The molecule has 2 rings (SSSR count). The number of anilines is 1. The summed E-state index contributed by atoms with van der Waals surface area (Å²) in [5, 5.41) is 0. The van der Waals surface area contributed by atoms with Gasteiger partial charge in [0.25, 0.3) is 5.56 Å². The van der Waals surface area contributed by atoms with Gasteiger partial charge in [-0.05, 0) is 30.2 Å². The molecule has 19 heavy (non-hydrogen) atoms. The number of methoxy groups -OCH3 is 1. The Morgan fingerprint density at radius 3 is 2.21 bits per heavy atom. The molecule has 5 nitrogen and oxygen atoms in total. The van der Waals surface area contributed by atoms with Gasteiger partial charge < -0.3 is 10.5 Å². The second kappa shape index (κ2) is 4.84. The van der Waals surface area contributed by atoms with Crippen molar-refractivity contribution >= 4 is 5.69 Å². The lowest BCUT2D eigenvalue weighted by Gasteiger charge is -2.12. The van der Waals surface area contributed by atoms with Crippen molar-refractivity contribution in [3.8, 4) is 11.4 Å². The van der Waals surface area contributed by atoms with E-state index in [9.17, 15) is 4.79 Å². The number of benzene rings is 1. The van der Waals surface area contributed by atoms with Crippen LogP contribution in [0.5, 0.6) is 5.75 Å². The zero-order valence-corrected chi connectivity index (χ0v) is 11.7. The molecule has 0 atom stereocenters. The van der Waals surface area contributed by atoms with Crippen LogP contribution in [0.25, 0.3) is 5.69 Å². The Hall–Kier alpha value is -2.17. The van der Waals surface area contributed by atoms with Crippen LogP contribution >= 0.6 is 0 Å². The molecule has 1 heterocycles. The fourth-order valence-corrected chi connectivity index (χ4v) is 2.34. The highest BCUT2D eigenvalue weighted by Crippen LogP contribution is 2.21. The van der Waals surface area contributed by atoms with E-state index >= 15 is 0 Å². The molecule has 0 unspecified atom stereocenters. The Morgan fingerprint density at radius 2 is 1.79 bits per heavy atom. The molecule has 0 saturated carbocycles. The minimum atomic E-state index is -0.184. The maximum atomic E-state index is 12.3. The minimum Gasteiger partial charge on any atom is -0.497 e. The molecule has 5 heteroatoms. The van der Waals surface area contributed by atoms with Crippen molar-refractivity contribution in [1.82, 2.24) is 9.36 Å². The zero-order chi connectivity index (χ0) is 14.2. The van der Waals surface area contributed by atoms with Gasteiger partial charge in [0.2, 0.25) is 0 Å². The number of ether oxygens (including phenoxy) is 1. The summed E-state index contributed by atoms with van der Waals surface area (Å²) < 4.78 is 8.50. The largest absolute Gasteiger partial charge is 0.497 e. The standard InChI is InChI=1S/C14H19N3O2/c1-9(2)13-12(15)14(18)17(16(13)3)10-5-7-11(19-4)8-6-10/h5-9H,15H2,1-4H3. The molecule has 0 aliphatic carbocycles. The van der Waals surface area contributed by atoms with E-state index in [1.807, 2.05) is 49.8 Å². The Labute approximate surface area is 112 Å². The number of aromatic nitrogens is 2. The number of rotatable bonds is 3. The summed E-state index contributed by atoms with van der Waals surface area (Å²) >= 11 is 0. The quantitative estimate of drug-likeness (QED) is 0.917. The molecule has 102 valence electrons. The summed E-state index contributed by atoms with van der Waals surface area (Å²) in [5.41, 5.74) is 7.67. The second-order valence-electron chi connectivity index (χ2n) is 4.79. The van der Waals surface area contributed by atoms with Gasteiger partial charge in [0.15, 0.2) is 0 Å². The molecule has 1 aromatic carbocycles. The summed E-state index contributed by atoms with van der Waals surface area (Å²) in [7, 11) is 3.45. The highest BCUT2D eigenvalue weighted by molar-refractivity contribution is 5.47. The van der Waals surface area contributed by atoms with Crippen LogP contribution in [0.4, 0.5) is 5.69 Å². The zero-order valence-electron chi connectivity index (χ0n) is 11.7. The third-order valence-electron chi connectivity index (χ3n) is 3.21. The monoisotopic (exact) mass is 261 g/mol. The Morgan fingerprint density at radius 1 is 1.21 bits per heavy atom. The third kappa shape index (κ3) is 2.12. The Kier molecular flexibility index (Phi) is 3.38. The maximum Gasteiger partial charge on any atom is 0.294 e. The summed E-state index contributed by atoms with van der Waals surface area (Å²) in [5.74, 6) is 0.945. The second-order valence-corrected chi connectivity index (χ2v) is 4.79. The summed E-state index contributed by atoms with van der Waals surface area (Å²) in [6, 6.07) is 7.31. The number of hydrogen-bond donors (Lipinski definition) is 1. The van der Waals surface area contributed by atoms with Crippen LogP contribution in [0, 0.1) is 0 Å². The number of nitrogens with two attached hydrogens (primary N) is 1. The predicted octanol–water partition coefficient (Wildman–Crippen LogP) is 1.89. The highest BCUT2D eigenvalue weighted by Gasteiger charge is 2.18. The molecule has 1 aromatic heterocycles. The van der Waals surface area contributed by atoms with Gasteiger partial charge >= 0.3 is 0 Å². The maximum absolute atomic E-state index is 12.3. The fourth-order valence-electron chi connectivity index (χ4n) is 2.34. The van der Waals surface area contributed by atoms with Gasteiger partial charge in [-0.25, -0.2) is 4.68 Å². The van der Waals surface area contributed by atoms with E-state index in [1.165, 1.54) is 0 Å². The molecule has 0 spiro atoms. The number of nitrogens with zero attached hydrogens (tertiary/aromatic N) is 2. The fraction of sp³-hybridized carbons (Fsp3) is 0.357. The molecule has 2 N–H and O–H groups in total. The first-order chi connectivity index (χ1) is 8.97. The van der Waals surface area contributed by atoms with Crippen molar-refractivity contribution < 1.29 is 4.74 Å². The van der Waals surface area contributed by atoms with Crippen molar-refractivity contribution in [3.05, 3.63) is 40.3 Å². The minimum absolute atomic E-state index is 0.184. The molecular formula is C14H19N3O2. The van der Waals surface area contributed by atoms with Crippen molar-refractivity contribution in [2.45, 2.75) is 19.8 Å². The lowest BCUT2D eigenvalue weighted by Crippen LogP contribution is -2.20. The van der Waals surface area contributed by atoms with Crippen LogP contribution in [0.15, 0.2) is 29.1 Å². The lowest BCUT2D eigenvalue weighted by atomic mass is 10.1. The molecule has 0 fully saturated rings. The lowest BCUT2D eigenvalue weighted by molar-refractivity contribution is 0.414. The normalized spacial score (nSPS) is 11.0. The SMILES string of the molecule is COc1ccc(-n2c(=O)c(N)c(C(C)C)n2C)cc1. The van der Waals surface area contributed by atoms with Gasteiger partial charge in [0, 0.05) is 7.05 Å². The topological polar surface area (TPSA) is 62.2 Å². The summed E-state index contributed by atoms with van der Waals surface area (Å²) in [6.07, 6.45) is 0. The van der Waals surface area contributed by atoms with Gasteiger partial charge in [-0.2, -0.15) is 0 Å². The van der Waals surface area contributed by atoms with E-state index in [4.69, 9.17) is 10.5 Å². The van der Waals surface area contributed by atoms with Crippen molar-refractivity contribution in [2.75, 3.05) is 12.8 Å². The highest BCUT2D eigenvalue weighted by atomic mass is 16.5. The summed E-state index contributed by atoms with van der Waals surface area (Å²) in [6.45, 7) is 4.03. The van der Waals surface area contributed by atoms with E-state index in [1.54, 1.807) is 11.8 Å². The molecule has 0 amide bonds. The number of nitrogen functional groups attached to an aromatic ring is 1. The van der Waals surface area contributed by atoms with Crippen molar-refractivity contribution in [2.24, 2.45) is 7.05 Å².